The van der Waals surface area contributed by atoms with Gasteiger partial charge in [-0.25, -0.2) is 14.6 Å². The van der Waals surface area contributed by atoms with E-state index in [1.165, 1.54) is 23.1 Å². The second kappa shape index (κ2) is 9.64. The summed E-state index contributed by atoms with van der Waals surface area (Å²) >= 11 is 0. The molecule has 0 amide bonds. The second-order valence-corrected chi connectivity index (χ2v) is 6.93. The Morgan fingerprint density at radius 2 is 1.79 bits per heavy atom. The molecular weight excluding hydrogens is 378 g/mol. The van der Waals surface area contributed by atoms with Gasteiger partial charge in [-0.2, -0.15) is 0 Å². The van der Waals surface area contributed by atoms with Gasteiger partial charge in [0.15, 0.2) is 23.0 Å². The van der Waals surface area contributed by atoms with E-state index in [1.807, 2.05) is 0 Å². The molecule has 0 aliphatic heterocycles. The van der Waals surface area contributed by atoms with E-state index in [0.29, 0.717) is 12.4 Å². The van der Waals surface area contributed by atoms with Crippen LogP contribution in [-0.4, -0.2) is 55.5 Å². The number of hydrogen-bond acceptors (Lipinski definition) is 7. The van der Waals surface area contributed by atoms with Gasteiger partial charge in [-0.15, -0.1) is 0 Å². The normalized spacial score (nSPS) is 12.5. The predicted molar refractivity (Wildman–Crippen MR) is 108 cm³/mol. The molecule has 0 saturated carbocycles. The van der Waals surface area contributed by atoms with Crippen LogP contribution in [0.15, 0.2) is 9.59 Å². The van der Waals surface area contributed by atoms with Crippen LogP contribution in [0.4, 0.5) is 0 Å². The maximum Gasteiger partial charge on any atom is 0.336 e. The molecule has 0 bridgehead atoms. The Morgan fingerprint density at radius 1 is 1.17 bits per heavy atom. The molecule has 0 aliphatic carbocycles. The number of fused-ring (bicyclic) bond motifs is 1. The Labute approximate surface area is 168 Å². The largest absolute Gasteiger partial charge is 0.464 e. The van der Waals surface area contributed by atoms with Crippen molar-refractivity contribution in [2.75, 3.05) is 19.7 Å². The van der Waals surface area contributed by atoms with Crippen molar-refractivity contribution in [3.05, 3.63) is 26.7 Å². The molecule has 2 aromatic rings. The summed E-state index contributed by atoms with van der Waals surface area (Å²) in [7, 11) is 1.48. The number of aryl methyl sites for hydroxylation is 1. The molecule has 0 aromatic carbocycles. The number of hydrogen-bond donors (Lipinski definition) is 1. The Bertz CT molecular complexity index is 997. The number of esters is 1. The number of rotatable bonds is 10. The number of carbonyl (C=O) groups excluding carboxylic acids is 2. The van der Waals surface area contributed by atoms with Crippen molar-refractivity contribution >= 4 is 22.9 Å². The number of aromatic nitrogens is 4. The van der Waals surface area contributed by atoms with Gasteiger partial charge in [-0.3, -0.25) is 28.6 Å². The summed E-state index contributed by atoms with van der Waals surface area (Å²) in [5.41, 5.74) is -1.19. The van der Waals surface area contributed by atoms with Gasteiger partial charge in [0.05, 0.1) is 13.2 Å². The first-order chi connectivity index (χ1) is 13.8. The average Bonchev–Trinajstić information content (AvgIpc) is 3.00. The van der Waals surface area contributed by atoms with E-state index in [-0.39, 0.29) is 17.8 Å². The number of H-pyrrole nitrogens is 1. The van der Waals surface area contributed by atoms with Gasteiger partial charge in [0.1, 0.15) is 5.82 Å². The summed E-state index contributed by atoms with van der Waals surface area (Å²) in [6, 6.07) is -1.35. The fraction of sp³-hybridized carbons (Fsp3) is 0.632. The van der Waals surface area contributed by atoms with Crippen molar-refractivity contribution < 1.29 is 14.3 Å². The molecule has 10 nitrogen and oxygen atoms in total. The van der Waals surface area contributed by atoms with Crippen LogP contribution in [0.2, 0.25) is 0 Å². The van der Waals surface area contributed by atoms with E-state index in [2.05, 4.69) is 28.7 Å². The molecule has 0 fully saturated rings. The van der Waals surface area contributed by atoms with Crippen LogP contribution in [-0.2, 0) is 27.9 Å². The number of imidazole rings is 1. The number of nitrogens with one attached hydrogen (secondary N) is 1. The number of ether oxygens (including phenoxy) is 1. The average molecular weight is 407 g/mol. The van der Waals surface area contributed by atoms with E-state index in [4.69, 9.17) is 4.74 Å². The molecule has 0 spiro atoms. The van der Waals surface area contributed by atoms with E-state index >= 15 is 0 Å². The van der Waals surface area contributed by atoms with Crippen LogP contribution in [0.1, 0.15) is 52.4 Å². The summed E-state index contributed by atoms with van der Waals surface area (Å²) in [5, 5.41) is 0. The van der Waals surface area contributed by atoms with Crippen molar-refractivity contribution in [2.45, 2.75) is 53.1 Å². The summed E-state index contributed by atoms with van der Waals surface area (Å²) < 4.78 is 7.61. The third kappa shape index (κ3) is 4.64. The molecule has 2 rings (SSSR count). The summed E-state index contributed by atoms with van der Waals surface area (Å²) in [4.78, 5) is 58.5. The molecule has 29 heavy (non-hydrogen) atoms. The highest BCUT2D eigenvalue weighted by Crippen LogP contribution is 2.21. The standard InChI is InChI=1S/C19H29N5O5/c1-6-9-23(10-7-2)11-13-20-16-15(17(26)21-19(28)22(16)5)24(13)14(12(4)25)18(27)29-8-3/h14H,6-11H2,1-5H3,(H,21,26,28)/t14-/m1/s1. The van der Waals surface area contributed by atoms with Crippen molar-refractivity contribution in [2.24, 2.45) is 7.05 Å². The summed E-state index contributed by atoms with van der Waals surface area (Å²) in [6.07, 6.45) is 1.82. The van der Waals surface area contributed by atoms with Crippen LogP contribution < -0.4 is 11.2 Å². The summed E-state index contributed by atoms with van der Waals surface area (Å²) in [5.74, 6) is -0.872. The van der Waals surface area contributed by atoms with Crippen LogP contribution in [0.25, 0.3) is 11.2 Å². The maximum atomic E-state index is 12.6. The monoisotopic (exact) mass is 407 g/mol. The maximum absolute atomic E-state index is 12.6. The fourth-order valence-electron chi connectivity index (χ4n) is 3.41. The zero-order valence-electron chi connectivity index (χ0n) is 17.7. The minimum absolute atomic E-state index is 0.00306. The summed E-state index contributed by atoms with van der Waals surface area (Å²) in [6.45, 7) is 9.01. The lowest BCUT2D eigenvalue weighted by molar-refractivity contribution is -0.150. The molecule has 1 atom stereocenters. The van der Waals surface area contributed by atoms with E-state index in [9.17, 15) is 19.2 Å². The van der Waals surface area contributed by atoms with Crippen molar-refractivity contribution in [1.82, 2.24) is 24.0 Å². The van der Waals surface area contributed by atoms with E-state index in [1.54, 1.807) is 6.92 Å². The quantitative estimate of drug-likeness (QED) is 0.456. The highest BCUT2D eigenvalue weighted by molar-refractivity contribution is 6.01. The Balaban J connectivity index is 2.79. The number of nitrogens with zero attached hydrogens (tertiary/aromatic N) is 4. The molecule has 160 valence electrons. The SMILES string of the molecule is CCCN(CCC)Cc1nc2c(c(=O)[nH]c(=O)n2C)n1[C@H](C(C)=O)C(=O)OCC. The molecule has 1 N–H and O–H groups in total. The third-order valence-electron chi connectivity index (χ3n) is 4.62. The first-order valence-electron chi connectivity index (χ1n) is 9.86. The molecule has 0 aliphatic rings. The zero-order valence-corrected chi connectivity index (χ0v) is 17.7. The van der Waals surface area contributed by atoms with Gasteiger partial charge in [-0.1, -0.05) is 13.8 Å². The Kier molecular flexibility index (Phi) is 7.49. The third-order valence-corrected chi connectivity index (χ3v) is 4.62. The predicted octanol–water partition coefficient (Wildman–Crippen LogP) is 0.739. The number of aromatic amines is 1. The molecule has 10 heteroatoms. The molecule has 2 aromatic heterocycles. The van der Waals surface area contributed by atoms with E-state index in [0.717, 1.165) is 25.9 Å². The van der Waals surface area contributed by atoms with E-state index < -0.39 is 29.0 Å². The first-order valence-corrected chi connectivity index (χ1v) is 9.86. The number of ketones is 1. The van der Waals surface area contributed by atoms with Gasteiger partial charge in [0.2, 0.25) is 0 Å². The zero-order chi connectivity index (χ0) is 21.7. The Morgan fingerprint density at radius 3 is 2.31 bits per heavy atom. The van der Waals surface area contributed by atoms with Crippen LogP contribution in [0, 0.1) is 0 Å². The van der Waals surface area contributed by atoms with Gasteiger partial charge in [-0.05, 0) is 39.8 Å². The first kappa shape index (κ1) is 22.5. The molecule has 0 unspecified atom stereocenters. The lowest BCUT2D eigenvalue weighted by Crippen LogP contribution is -2.34. The highest BCUT2D eigenvalue weighted by Gasteiger charge is 2.33. The molecule has 0 saturated heterocycles. The van der Waals surface area contributed by atoms with Gasteiger partial charge < -0.3 is 4.74 Å². The van der Waals surface area contributed by atoms with Crippen LogP contribution >= 0.6 is 0 Å². The number of Topliss-reactive ketones (excluding diaryl/α,β-unsaturated/α-hetero) is 1. The van der Waals surface area contributed by atoms with Gasteiger partial charge >= 0.3 is 11.7 Å². The second-order valence-electron chi connectivity index (χ2n) is 6.93. The minimum Gasteiger partial charge on any atom is -0.464 e. The fourth-order valence-corrected chi connectivity index (χ4v) is 3.41. The van der Waals surface area contributed by atoms with Crippen LogP contribution in [0.3, 0.4) is 0 Å². The smallest absolute Gasteiger partial charge is 0.336 e. The number of carbonyl (C=O) groups is 2. The lowest BCUT2D eigenvalue weighted by atomic mass is 10.2. The Hall–Kier alpha value is -2.75. The highest BCUT2D eigenvalue weighted by atomic mass is 16.5. The van der Waals surface area contributed by atoms with Crippen molar-refractivity contribution in [3.63, 3.8) is 0 Å². The topological polar surface area (TPSA) is 119 Å². The minimum atomic E-state index is -1.35. The van der Waals surface area contributed by atoms with Gasteiger partial charge in [0, 0.05) is 7.05 Å². The van der Waals surface area contributed by atoms with Crippen LogP contribution in [0.5, 0.6) is 0 Å². The molecule has 0 radical (unpaired) electrons. The lowest BCUT2D eigenvalue weighted by Gasteiger charge is -2.23. The van der Waals surface area contributed by atoms with Crippen molar-refractivity contribution in [1.29, 1.82) is 0 Å². The van der Waals surface area contributed by atoms with Crippen molar-refractivity contribution in [3.8, 4) is 0 Å². The van der Waals surface area contributed by atoms with Gasteiger partial charge in [0.25, 0.3) is 5.56 Å². The molecule has 2 heterocycles. The molecular formula is C19H29N5O5.